The monoisotopic (exact) mass is 449 g/mol. The number of methoxy groups -OCH3 is 1. The zero-order chi connectivity index (χ0) is 22.9. The fourth-order valence-corrected chi connectivity index (χ4v) is 3.50. The molecular weight excluding hydrogens is 426 g/mol. The number of carbonyl (C=O) groups excluding carboxylic acids is 1. The molecule has 0 radical (unpaired) electrons. The molecule has 2 aromatic heterocycles. The lowest BCUT2D eigenvalue weighted by atomic mass is 10.1. The molecule has 0 spiro atoms. The van der Waals surface area contributed by atoms with E-state index >= 15 is 0 Å². The maximum absolute atomic E-state index is 13.1. The minimum Gasteiger partial charge on any atom is -0.495 e. The molecule has 0 aliphatic heterocycles. The van der Waals surface area contributed by atoms with Gasteiger partial charge in [-0.25, -0.2) is 4.98 Å². The Balaban J connectivity index is 1.61. The highest BCUT2D eigenvalue weighted by Crippen LogP contribution is 2.32. The first-order chi connectivity index (χ1) is 15.3. The minimum atomic E-state index is -1.13. The van der Waals surface area contributed by atoms with E-state index in [1.807, 2.05) is 54.0 Å². The summed E-state index contributed by atoms with van der Waals surface area (Å²) in [6.45, 7) is 5.44. The number of imidazole rings is 1. The van der Waals surface area contributed by atoms with E-state index in [4.69, 9.17) is 26.1 Å². The summed E-state index contributed by atoms with van der Waals surface area (Å²) in [6, 6.07) is 16.5. The van der Waals surface area contributed by atoms with Gasteiger partial charge in [0, 0.05) is 23.0 Å². The van der Waals surface area contributed by atoms with Crippen molar-refractivity contribution in [2.45, 2.75) is 26.4 Å². The van der Waals surface area contributed by atoms with Crippen molar-refractivity contribution in [3.63, 3.8) is 0 Å². The summed E-state index contributed by atoms with van der Waals surface area (Å²) in [7, 11) is 1.56. The average Bonchev–Trinajstić information content (AvgIpc) is 3.21. The van der Waals surface area contributed by atoms with Crippen molar-refractivity contribution < 1.29 is 14.3 Å². The van der Waals surface area contributed by atoms with Crippen LogP contribution in [0.1, 0.15) is 19.4 Å². The van der Waals surface area contributed by atoms with E-state index in [1.165, 1.54) is 0 Å². The van der Waals surface area contributed by atoms with Crippen LogP contribution in [0.15, 0.2) is 67.0 Å². The Hall–Kier alpha value is -3.51. The normalized spacial score (nSPS) is 11.4. The van der Waals surface area contributed by atoms with Gasteiger partial charge in [-0.15, -0.1) is 0 Å². The molecule has 1 amide bonds. The molecule has 4 aromatic rings. The number of pyridine rings is 1. The number of hydrogen-bond donors (Lipinski definition) is 1. The van der Waals surface area contributed by atoms with Gasteiger partial charge < -0.3 is 19.2 Å². The predicted octanol–water partition coefficient (Wildman–Crippen LogP) is 5.77. The molecule has 0 aliphatic rings. The van der Waals surface area contributed by atoms with Crippen LogP contribution in [-0.4, -0.2) is 28.0 Å². The predicted molar refractivity (Wildman–Crippen MR) is 127 cm³/mol. The first kappa shape index (κ1) is 21.7. The molecule has 6 nitrogen and oxygen atoms in total. The molecule has 7 heteroatoms. The van der Waals surface area contributed by atoms with Crippen LogP contribution in [-0.2, 0) is 4.79 Å². The highest BCUT2D eigenvalue weighted by atomic mass is 35.5. The molecule has 164 valence electrons. The van der Waals surface area contributed by atoms with Crippen LogP contribution in [0.2, 0.25) is 5.02 Å². The number of anilines is 1. The third-order valence-electron chi connectivity index (χ3n) is 5.15. The summed E-state index contributed by atoms with van der Waals surface area (Å²) in [5.74, 6) is 0.786. The van der Waals surface area contributed by atoms with Crippen LogP contribution in [0.25, 0.3) is 16.9 Å². The standard InChI is InChI=1S/C25H24ClN3O3/c1-16-6-5-13-29-15-21(27-23(16)29)17-7-12-22(31-4)20(14-17)28-24(30)25(2,3)32-19-10-8-18(26)9-11-19/h5-15H,1-4H3,(H,28,30). The smallest absolute Gasteiger partial charge is 0.268 e. The second-order valence-electron chi connectivity index (χ2n) is 7.98. The second kappa shape index (κ2) is 8.55. The second-order valence-corrected chi connectivity index (χ2v) is 8.42. The molecule has 4 rings (SSSR count). The summed E-state index contributed by atoms with van der Waals surface area (Å²) in [6.07, 6.45) is 3.92. The van der Waals surface area contributed by atoms with Gasteiger partial charge in [-0.3, -0.25) is 4.79 Å². The van der Waals surface area contributed by atoms with Crippen LogP contribution < -0.4 is 14.8 Å². The highest BCUT2D eigenvalue weighted by molar-refractivity contribution is 6.30. The van der Waals surface area contributed by atoms with E-state index in [1.54, 1.807) is 45.2 Å². The van der Waals surface area contributed by atoms with Crippen molar-refractivity contribution in [2.24, 2.45) is 0 Å². The van der Waals surface area contributed by atoms with Crippen molar-refractivity contribution >= 4 is 28.8 Å². The van der Waals surface area contributed by atoms with Crippen molar-refractivity contribution in [1.82, 2.24) is 9.38 Å². The number of rotatable bonds is 6. The third-order valence-corrected chi connectivity index (χ3v) is 5.41. The molecule has 1 N–H and O–H groups in total. The maximum Gasteiger partial charge on any atom is 0.268 e. The first-order valence-corrected chi connectivity index (χ1v) is 10.5. The first-order valence-electron chi connectivity index (χ1n) is 10.2. The SMILES string of the molecule is COc1ccc(-c2cn3cccc(C)c3n2)cc1NC(=O)C(C)(C)Oc1ccc(Cl)cc1. The Morgan fingerprint density at radius 2 is 1.88 bits per heavy atom. The van der Waals surface area contributed by atoms with Crippen LogP contribution in [0.5, 0.6) is 11.5 Å². The molecule has 0 unspecified atom stereocenters. The largest absolute Gasteiger partial charge is 0.495 e. The Labute approximate surface area is 191 Å². The van der Waals surface area contributed by atoms with E-state index in [-0.39, 0.29) is 5.91 Å². The van der Waals surface area contributed by atoms with Gasteiger partial charge >= 0.3 is 0 Å². The number of fused-ring (bicyclic) bond motifs is 1. The number of aromatic nitrogens is 2. The van der Waals surface area contributed by atoms with E-state index in [0.717, 1.165) is 22.5 Å². The van der Waals surface area contributed by atoms with Gasteiger partial charge in [-0.1, -0.05) is 17.7 Å². The maximum atomic E-state index is 13.1. The summed E-state index contributed by atoms with van der Waals surface area (Å²) in [4.78, 5) is 17.8. The Morgan fingerprint density at radius 1 is 1.12 bits per heavy atom. The molecule has 32 heavy (non-hydrogen) atoms. The fraction of sp³-hybridized carbons (Fsp3) is 0.200. The summed E-state index contributed by atoms with van der Waals surface area (Å²) >= 11 is 5.93. The number of ether oxygens (including phenoxy) is 2. The van der Waals surface area contributed by atoms with Crippen molar-refractivity contribution in [1.29, 1.82) is 0 Å². The molecule has 0 saturated carbocycles. The fourth-order valence-electron chi connectivity index (χ4n) is 3.37. The zero-order valence-electron chi connectivity index (χ0n) is 18.3. The Kier molecular flexibility index (Phi) is 5.80. The van der Waals surface area contributed by atoms with E-state index in [2.05, 4.69) is 5.32 Å². The lowest BCUT2D eigenvalue weighted by Gasteiger charge is -2.26. The topological polar surface area (TPSA) is 64.9 Å². The summed E-state index contributed by atoms with van der Waals surface area (Å²) in [5.41, 5.74) is 3.05. The number of nitrogens with one attached hydrogen (secondary N) is 1. The van der Waals surface area contributed by atoms with Gasteiger partial charge in [0.25, 0.3) is 5.91 Å². The van der Waals surface area contributed by atoms with Crippen LogP contribution in [0.4, 0.5) is 5.69 Å². The molecule has 0 saturated heterocycles. The molecular formula is C25H24ClN3O3. The van der Waals surface area contributed by atoms with Gasteiger partial charge in [-0.05, 0) is 74.9 Å². The number of benzene rings is 2. The molecule has 2 aromatic carbocycles. The number of amides is 1. The van der Waals surface area contributed by atoms with Crippen LogP contribution in [0, 0.1) is 6.92 Å². The van der Waals surface area contributed by atoms with Gasteiger partial charge in [0.05, 0.1) is 18.5 Å². The molecule has 0 aliphatic carbocycles. The van der Waals surface area contributed by atoms with Gasteiger partial charge in [-0.2, -0.15) is 0 Å². The van der Waals surface area contributed by atoms with Gasteiger partial charge in [0.15, 0.2) is 5.60 Å². The number of nitrogens with zero attached hydrogens (tertiary/aromatic N) is 2. The van der Waals surface area contributed by atoms with Gasteiger partial charge in [0.1, 0.15) is 17.1 Å². The Bertz CT molecular complexity index is 1280. The Morgan fingerprint density at radius 3 is 2.56 bits per heavy atom. The summed E-state index contributed by atoms with van der Waals surface area (Å²) < 4.78 is 13.4. The molecule has 0 atom stereocenters. The average molecular weight is 450 g/mol. The van der Waals surface area contributed by atoms with E-state index in [0.29, 0.717) is 22.2 Å². The highest BCUT2D eigenvalue weighted by Gasteiger charge is 2.31. The molecule has 0 fully saturated rings. The lowest BCUT2D eigenvalue weighted by Crippen LogP contribution is -2.42. The van der Waals surface area contributed by atoms with Crippen molar-refractivity contribution in [3.8, 4) is 22.8 Å². The zero-order valence-corrected chi connectivity index (χ0v) is 19.1. The number of aryl methyl sites for hydroxylation is 1. The minimum absolute atomic E-state index is 0.311. The van der Waals surface area contributed by atoms with Crippen molar-refractivity contribution in [2.75, 3.05) is 12.4 Å². The van der Waals surface area contributed by atoms with E-state index < -0.39 is 5.60 Å². The van der Waals surface area contributed by atoms with E-state index in [9.17, 15) is 4.79 Å². The summed E-state index contributed by atoms with van der Waals surface area (Å²) in [5, 5.41) is 3.54. The number of halogens is 1. The number of hydrogen-bond acceptors (Lipinski definition) is 4. The molecule has 2 heterocycles. The molecule has 0 bridgehead atoms. The lowest BCUT2D eigenvalue weighted by molar-refractivity contribution is -0.128. The number of carbonyl (C=O) groups is 1. The van der Waals surface area contributed by atoms with Gasteiger partial charge in [0.2, 0.25) is 0 Å². The quantitative estimate of drug-likeness (QED) is 0.406. The van der Waals surface area contributed by atoms with Crippen LogP contribution >= 0.6 is 11.6 Å². The third kappa shape index (κ3) is 4.41. The van der Waals surface area contributed by atoms with Crippen LogP contribution in [0.3, 0.4) is 0 Å². The van der Waals surface area contributed by atoms with Crippen molar-refractivity contribution in [3.05, 3.63) is 77.6 Å².